The fraction of sp³-hybridized carbons (Fsp3) is 0. The van der Waals surface area contributed by atoms with E-state index < -0.39 is 9.85 Å². The first-order chi connectivity index (χ1) is 12.6. The number of benzene rings is 5. The highest BCUT2D eigenvalue weighted by Gasteiger charge is 2.25. The average Bonchev–Trinajstić information content (AvgIpc) is 2.65. The minimum Gasteiger partial charge on any atom is -0.258 e. The maximum Gasteiger partial charge on any atom is 0.277 e. The Morgan fingerprint density at radius 1 is 0.577 bits per heavy atom. The number of nitro benzene ring substituents is 2. The largest absolute Gasteiger partial charge is 0.277 e. The van der Waals surface area contributed by atoms with Crippen LogP contribution in [0.15, 0.2) is 60.7 Å². The van der Waals surface area contributed by atoms with E-state index >= 15 is 0 Å². The fourth-order valence-corrected chi connectivity index (χ4v) is 4.00. The van der Waals surface area contributed by atoms with Crippen molar-refractivity contribution >= 4 is 54.5 Å². The van der Waals surface area contributed by atoms with E-state index in [-0.39, 0.29) is 11.4 Å². The van der Waals surface area contributed by atoms with Gasteiger partial charge in [-0.25, -0.2) is 0 Å². The van der Waals surface area contributed by atoms with Gasteiger partial charge in [0, 0.05) is 17.5 Å². The van der Waals surface area contributed by atoms with Gasteiger partial charge in [-0.05, 0) is 33.0 Å². The predicted octanol–water partition coefficient (Wildman–Crippen LogP) is 5.55. The Bertz CT molecular complexity index is 1390. The number of nitrogens with zero attached hydrogens (tertiary/aromatic N) is 2. The van der Waals surface area contributed by atoms with Crippen LogP contribution in [0.1, 0.15) is 0 Å². The van der Waals surface area contributed by atoms with E-state index in [1.165, 1.54) is 12.1 Å². The van der Waals surface area contributed by atoms with E-state index in [2.05, 4.69) is 0 Å². The van der Waals surface area contributed by atoms with Crippen LogP contribution >= 0.6 is 0 Å². The summed E-state index contributed by atoms with van der Waals surface area (Å²) < 4.78 is 0. The van der Waals surface area contributed by atoms with Crippen LogP contribution in [0.5, 0.6) is 0 Å². The van der Waals surface area contributed by atoms with Crippen LogP contribution in [0, 0.1) is 20.2 Å². The minimum absolute atomic E-state index is 0.0405. The first-order valence-corrected chi connectivity index (χ1v) is 7.99. The molecule has 0 N–H and O–H groups in total. The van der Waals surface area contributed by atoms with Crippen molar-refractivity contribution in [3.05, 3.63) is 80.9 Å². The number of nitro groups is 2. The Morgan fingerprint density at radius 3 is 1.96 bits per heavy atom. The van der Waals surface area contributed by atoms with Gasteiger partial charge in [-0.3, -0.25) is 20.2 Å². The zero-order valence-electron chi connectivity index (χ0n) is 13.3. The summed E-state index contributed by atoms with van der Waals surface area (Å²) >= 11 is 0. The van der Waals surface area contributed by atoms with Gasteiger partial charge in [-0.2, -0.15) is 0 Å². The SMILES string of the molecule is O=[N+]([O-])c1cc2cccc3c4ccccc4c4c([N+](=O)[O-])ccc1c4c23. The van der Waals surface area contributed by atoms with Gasteiger partial charge in [0.05, 0.1) is 20.6 Å². The fourth-order valence-electron chi connectivity index (χ4n) is 4.00. The number of hydrogen-bond acceptors (Lipinski definition) is 4. The van der Waals surface area contributed by atoms with E-state index in [0.29, 0.717) is 21.5 Å². The van der Waals surface area contributed by atoms with Gasteiger partial charge in [0.15, 0.2) is 0 Å². The van der Waals surface area contributed by atoms with Gasteiger partial charge < -0.3 is 0 Å². The number of non-ortho nitro benzene ring substituents is 2. The van der Waals surface area contributed by atoms with E-state index in [4.69, 9.17) is 0 Å². The van der Waals surface area contributed by atoms with Gasteiger partial charge in [0.25, 0.3) is 11.4 Å². The van der Waals surface area contributed by atoms with Crippen LogP contribution in [0.3, 0.4) is 0 Å². The normalized spacial score (nSPS) is 11.7. The zero-order chi connectivity index (χ0) is 18.0. The second kappa shape index (κ2) is 4.86. The van der Waals surface area contributed by atoms with Crippen LogP contribution in [0.2, 0.25) is 0 Å². The van der Waals surface area contributed by atoms with E-state index in [9.17, 15) is 20.2 Å². The molecule has 0 aliphatic heterocycles. The molecular weight excluding hydrogens is 332 g/mol. The Balaban J connectivity index is 2.26. The molecule has 0 unspecified atom stereocenters. The smallest absolute Gasteiger partial charge is 0.258 e. The lowest BCUT2D eigenvalue weighted by molar-refractivity contribution is -0.383. The number of hydrogen-bond donors (Lipinski definition) is 0. The summed E-state index contributed by atoms with van der Waals surface area (Å²) in [5.41, 5.74) is -0.0820. The molecule has 0 atom stereocenters. The van der Waals surface area contributed by atoms with Crippen molar-refractivity contribution in [3.63, 3.8) is 0 Å². The second-order valence-corrected chi connectivity index (χ2v) is 6.24. The van der Waals surface area contributed by atoms with Gasteiger partial charge in [0.2, 0.25) is 0 Å². The minimum atomic E-state index is -0.433. The third-order valence-corrected chi connectivity index (χ3v) is 4.98. The number of rotatable bonds is 2. The lowest BCUT2D eigenvalue weighted by Gasteiger charge is -2.14. The van der Waals surface area contributed by atoms with Crippen LogP contribution in [0.4, 0.5) is 11.4 Å². The lowest BCUT2D eigenvalue weighted by atomic mass is 9.88. The van der Waals surface area contributed by atoms with Gasteiger partial charge in [-0.1, -0.05) is 42.5 Å². The lowest BCUT2D eigenvalue weighted by Crippen LogP contribution is -1.96. The molecule has 0 saturated heterocycles. The molecule has 5 aromatic rings. The quantitative estimate of drug-likeness (QED) is 0.182. The molecule has 26 heavy (non-hydrogen) atoms. The van der Waals surface area contributed by atoms with Crippen molar-refractivity contribution in [2.75, 3.05) is 0 Å². The average molecular weight is 342 g/mol. The topological polar surface area (TPSA) is 86.3 Å². The van der Waals surface area contributed by atoms with Gasteiger partial charge in [0.1, 0.15) is 0 Å². The molecule has 124 valence electrons. The monoisotopic (exact) mass is 342 g/mol. The summed E-state index contributed by atoms with van der Waals surface area (Å²) in [6, 6.07) is 17.5. The summed E-state index contributed by atoms with van der Waals surface area (Å²) in [5, 5.41) is 28.8. The molecule has 6 heteroatoms. The molecule has 0 aliphatic carbocycles. The van der Waals surface area contributed by atoms with Crippen molar-refractivity contribution in [2.24, 2.45) is 0 Å². The van der Waals surface area contributed by atoms with Crippen LogP contribution < -0.4 is 0 Å². The highest BCUT2D eigenvalue weighted by molar-refractivity contribution is 6.36. The first-order valence-electron chi connectivity index (χ1n) is 7.99. The van der Waals surface area contributed by atoms with Crippen molar-refractivity contribution in [1.82, 2.24) is 0 Å². The number of fused-ring (bicyclic) bond motifs is 3. The summed E-state index contributed by atoms with van der Waals surface area (Å²) in [5.74, 6) is 0. The maximum atomic E-state index is 11.7. The van der Waals surface area contributed by atoms with Crippen molar-refractivity contribution in [2.45, 2.75) is 0 Å². The van der Waals surface area contributed by atoms with Gasteiger partial charge >= 0.3 is 0 Å². The molecule has 0 amide bonds. The maximum absolute atomic E-state index is 11.7. The molecule has 0 aromatic heterocycles. The van der Waals surface area contributed by atoms with Gasteiger partial charge in [-0.15, -0.1) is 0 Å². The molecule has 0 aliphatic rings. The summed E-state index contributed by atoms with van der Waals surface area (Å²) in [6.07, 6.45) is 0. The summed E-state index contributed by atoms with van der Waals surface area (Å²) in [7, 11) is 0. The molecule has 0 fully saturated rings. The third kappa shape index (κ3) is 1.70. The molecule has 6 nitrogen and oxygen atoms in total. The van der Waals surface area contributed by atoms with Crippen LogP contribution in [-0.4, -0.2) is 9.85 Å². The van der Waals surface area contributed by atoms with Crippen molar-refractivity contribution in [3.8, 4) is 0 Å². The molecule has 5 aromatic carbocycles. The standard InChI is InChI=1S/C20H10N2O4/c23-21(24)16-9-8-15-17(22(25)26)10-11-4-3-7-13-12-5-1-2-6-14(12)19(16)20(15)18(11)13/h1-10H. The highest BCUT2D eigenvalue weighted by Crippen LogP contribution is 2.46. The second-order valence-electron chi connectivity index (χ2n) is 6.24. The van der Waals surface area contributed by atoms with E-state index in [1.807, 2.05) is 42.5 Å². The third-order valence-electron chi connectivity index (χ3n) is 4.98. The molecule has 0 saturated carbocycles. The van der Waals surface area contributed by atoms with E-state index in [1.54, 1.807) is 6.07 Å². The Kier molecular flexibility index (Phi) is 2.72. The van der Waals surface area contributed by atoms with Crippen LogP contribution in [-0.2, 0) is 0 Å². The zero-order valence-corrected chi connectivity index (χ0v) is 13.3. The molecule has 0 spiro atoms. The molecular formula is C20H10N2O4. The van der Waals surface area contributed by atoms with Crippen LogP contribution in [0.25, 0.3) is 43.1 Å². The Morgan fingerprint density at radius 2 is 1.23 bits per heavy atom. The molecule has 0 heterocycles. The first kappa shape index (κ1) is 14.5. The molecule has 0 radical (unpaired) electrons. The highest BCUT2D eigenvalue weighted by atomic mass is 16.6. The predicted molar refractivity (Wildman–Crippen MR) is 101 cm³/mol. The Labute approximate surface area is 145 Å². The summed E-state index contributed by atoms with van der Waals surface area (Å²) in [6.45, 7) is 0. The Hall–Kier alpha value is -3.80. The molecule has 0 bridgehead atoms. The summed E-state index contributed by atoms with van der Waals surface area (Å²) in [4.78, 5) is 22.4. The van der Waals surface area contributed by atoms with Crippen molar-refractivity contribution in [1.29, 1.82) is 0 Å². The molecule has 5 rings (SSSR count). The van der Waals surface area contributed by atoms with E-state index in [0.717, 1.165) is 21.5 Å². The van der Waals surface area contributed by atoms with Crippen molar-refractivity contribution < 1.29 is 9.85 Å².